The Labute approximate surface area is 318 Å². The van der Waals surface area contributed by atoms with Crippen molar-refractivity contribution in [2.45, 2.75) is 103 Å². The van der Waals surface area contributed by atoms with Crippen molar-refractivity contribution in [1.29, 1.82) is 5.26 Å². The molecule has 9 nitrogen and oxygen atoms in total. The van der Waals surface area contributed by atoms with E-state index < -0.39 is 5.82 Å². The van der Waals surface area contributed by atoms with Crippen molar-refractivity contribution in [3.8, 4) is 17.2 Å². The number of benzene rings is 2. The Morgan fingerprint density at radius 2 is 1.92 bits per heavy atom. The summed E-state index contributed by atoms with van der Waals surface area (Å²) in [5, 5.41) is 24.9. The minimum Gasteiger partial charge on any atom is -0.337 e. The van der Waals surface area contributed by atoms with Crippen LogP contribution in [0.25, 0.3) is 32.9 Å². The topological polar surface area (TPSA) is 105 Å². The predicted octanol–water partition coefficient (Wildman–Crippen LogP) is 8.72. The van der Waals surface area contributed by atoms with Crippen molar-refractivity contribution < 1.29 is 9.18 Å². The van der Waals surface area contributed by atoms with Gasteiger partial charge in [0.05, 0.1) is 51.1 Å². The van der Waals surface area contributed by atoms with Crippen molar-refractivity contribution in [2.75, 3.05) is 13.1 Å². The minimum absolute atomic E-state index is 0.0370. The van der Waals surface area contributed by atoms with Gasteiger partial charge in [-0.15, -0.1) is 5.10 Å². The van der Waals surface area contributed by atoms with E-state index >= 15 is 4.39 Å². The Hall–Kier alpha value is -4.04. The summed E-state index contributed by atoms with van der Waals surface area (Å²) in [6.07, 6.45) is 4.16. The molecular weight excluding hydrogens is 710 g/mol. The number of carbonyl (C=O) groups excluding carboxylic acids is 1. The summed E-state index contributed by atoms with van der Waals surface area (Å²) in [5.41, 5.74) is 6.30. The van der Waals surface area contributed by atoms with Crippen molar-refractivity contribution >= 4 is 50.9 Å². The first-order valence-corrected chi connectivity index (χ1v) is 19.6. The van der Waals surface area contributed by atoms with Gasteiger partial charge >= 0.3 is 0 Å². The van der Waals surface area contributed by atoms with Gasteiger partial charge in [-0.1, -0.05) is 61.3 Å². The third-order valence-electron chi connectivity index (χ3n) is 12.2. The fraction of sp³-hybridized carbons (Fsp3) is 0.488. The quantitative estimate of drug-likeness (QED) is 0.178. The van der Waals surface area contributed by atoms with Gasteiger partial charge in [-0.05, 0) is 75.6 Å². The van der Waals surface area contributed by atoms with E-state index in [1.807, 2.05) is 17.7 Å². The first kappa shape index (κ1) is 34.7. The Morgan fingerprint density at radius 3 is 2.58 bits per heavy atom. The first-order valence-electron chi connectivity index (χ1n) is 18.8. The molecule has 3 aromatic heterocycles. The third kappa shape index (κ3) is 5.40. The molecule has 3 aliphatic heterocycles. The van der Waals surface area contributed by atoms with Crippen LogP contribution >= 0.6 is 23.2 Å². The number of nitrogens with zero attached hydrogens (tertiary/aromatic N) is 7. The lowest BCUT2D eigenvalue weighted by atomic mass is 9.79. The number of aryl methyl sites for hydroxylation is 2. The summed E-state index contributed by atoms with van der Waals surface area (Å²) in [7, 11) is 0. The maximum atomic E-state index is 17.3. The van der Waals surface area contributed by atoms with Crippen molar-refractivity contribution in [3.05, 3.63) is 74.5 Å². The second kappa shape index (κ2) is 12.5. The molecule has 1 amide bonds. The molecule has 2 bridgehead atoms. The normalized spacial score (nSPS) is 24.0. The van der Waals surface area contributed by atoms with Gasteiger partial charge in [0.15, 0.2) is 5.82 Å². The average molecular weight is 754 g/mol. The van der Waals surface area contributed by atoms with Crippen LogP contribution in [0.1, 0.15) is 99.3 Å². The molecule has 5 aromatic rings. The maximum absolute atomic E-state index is 17.3. The van der Waals surface area contributed by atoms with Crippen molar-refractivity contribution in [2.24, 2.45) is 11.8 Å². The van der Waals surface area contributed by atoms with Gasteiger partial charge in [0.25, 0.3) is 0 Å². The van der Waals surface area contributed by atoms with Crippen LogP contribution in [0.5, 0.6) is 0 Å². The third-order valence-corrected chi connectivity index (χ3v) is 13.1. The van der Waals surface area contributed by atoms with E-state index in [9.17, 15) is 10.1 Å². The van der Waals surface area contributed by atoms with Gasteiger partial charge in [-0.2, -0.15) is 5.26 Å². The highest BCUT2D eigenvalue weighted by Crippen LogP contribution is 2.52. The van der Waals surface area contributed by atoms with E-state index in [-0.39, 0.29) is 58.4 Å². The molecule has 2 aliphatic carbocycles. The summed E-state index contributed by atoms with van der Waals surface area (Å²) in [6, 6.07) is 11.9. The van der Waals surface area contributed by atoms with Crippen molar-refractivity contribution in [1.82, 2.24) is 34.8 Å². The summed E-state index contributed by atoms with van der Waals surface area (Å²) >= 11 is 13.1. The fourth-order valence-corrected chi connectivity index (χ4v) is 9.95. The van der Waals surface area contributed by atoms with E-state index in [2.05, 4.69) is 64.9 Å². The van der Waals surface area contributed by atoms with Gasteiger partial charge in [0.2, 0.25) is 5.91 Å². The Kier molecular flexibility index (Phi) is 8.19. The summed E-state index contributed by atoms with van der Waals surface area (Å²) in [5.74, 6) is 0.194. The summed E-state index contributed by atoms with van der Waals surface area (Å²) in [6.45, 7) is 11.9. The molecule has 2 aromatic carbocycles. The number of pyridine rings is 1. The zero-order valence-electron chi connectivity index (χ0n) is 30.7. The Morgan fingerprint density at radius 1 is 1.13 bits per heavy atom. The number of nitrogens with one attached hydrogen (secondary N) is 1. The lowest BCUT2D eigenvalue weighted by molar-refractivity contribution is -0.133. The smallest absolute Gasteiger partial charge is 0.226 e. The molecule has 5 unspecified atom stereocenters. The number of likely N-dealkylation sites (tertiary alicyclic amines) is 1. The second-order valence-corrected chi connectivity index (χ2v) is 17.5. The number of halogens is 3. The number of hydrogen-bond acceptors (Lipinski definition) is 6. The predicted molar refractivity (Wildman–Crippen MR) is 205 cm³/mol. The Bertz CT molecular complexity index is 2370. The molecule has 6 heterocycles. The molecule has 0 spiro atoms. The zero-order chi connectivity index (χ0) is 37.1. The largest absolute Gasteiger partial charge is 0.337 e. The average Bonchev–Trinajstić information content (AvgIpc) is 3.54. The molecule has 53 heavy (non-hydrogen) atoms. The van der Waals surface area contributed by atoms with E-state index in [1.54, 1.807) is 18.2 Å². The van der Waals surface area contributed by atoms with E-state index in [4.69, 9.17) is 28.2 Å². The Balaban J connectivity index is 1.28. The molecule has 12 heteroatoms. The van der Waals surface area contributed by atoms with E-state index in [0.717, 1.165) is 59.5 Å². The zero-order valence-corrected chi connectivity index (χ0v) is 32.2. The molecule has 10 rings (SSSR count). The van der Waals surface area contributed by atoms with Gasteiger partial charge in [0, 0.05) is 70.2 Å². The molecule has 3 saturated heterocycles. The lowest BCUT2D eigenvalue weighted by Crippen LogP contribution is -2.41. The van der Waals surface area contributed by atoms with Crippen LogP contribution in [0.2, 0.25) is 10.0 Å². The van der Waals surface area contributed by atoms with E-state index in [0.29, 0.717) is 52.4 Å². The SMILES string of the molecule is Cc1nc2c(F)c(-c3cccc(Cl)c3Cl)c(CCC#N)cc2c2c1cc(C1CC(n3nnc(C(C)(C)C)c3C)CN1C(=O)C1CC1)n2C1C2CNC1C2. The van der Waals surface area contributed by atoms with Crippen LogP contribution in [0, 0.1) is 42.8 Å². The number of rotatable bonds is 7. The van der Waals surface area contributed by atoms with Crippen molar-refractivity contribution in [3.63, 3.8) is 0 Å². The number of aromatic nitrogens is 5. The molecule has 5 aliphatic rings. The van der Waals surface area contributed by atoms with Crippen LogP contribution in [-0.2, 0) is 16.6 Å². The molecule has 2 saturated carbocycles. The number of nitriles is 1. The standard InChI is InChI=1S/C41H43Cl2FN8O/c1-20-27-17-32(31-16-25(19-50(31)40(53)22-11-12-22)52-21(2)39(48-49-52)41(3,4)5)51(37-24-15-30(37)46-18-24)38(27)28-14-23(8-7-13-45)33(35(44)36(28)47-20)26-9-6-10-29(42)34(26)43/h6,9-10,14,17,22,24-25,30-31,37,46H,7-8,11-12,15-16,18-19H2,1-5H3. The molecule has 274 valence electrons. The number of hydrogen-bond donors (Lipinski definition) is 1. The highest BCUT2D eigenvalue weighted by atomic mass is 35.5. The van der Waals surface area contributed by atoms with E-state index in [1.165, 1.54) is 0 Å². The minimum atomic E-state index is -0.476. The van der Waals surface area contributed by atoms with Gasteiger partial charge in [-0.25, -0.2) is 14.1 Å². The van der Waals surface area contributed by atoms with Crippen LogP contribution in [0.15, 0.2) is 30.3 Å². The van der Waals surface area contributed by atoms with Gasteiger partial charge < -0.3 is 14.8 Å². The highest BCUT2D eigenvalue weighted by Gasteiger charge is 2.51. The fourth-order valence-electron chi connectivity index (χ4n) is 9.56. The number of amides is 1. The number of carbonyl (C=O) groups is 1. The van der Waals surface area contributed by atoms with Crippen LogP contribution < -0.4 is 5.32 Å². The van der Waals surface area contributed by atoms with Crippen LogP contribution in [0.3, 0.4) is 0 Å². The second-order valence-electron chi connectivity index (χ2n) is 16.7. The molecule has 1 N–H and O–H groups in total. The lowest BCUT2D eigenvalue weighted by Gasteiger charge is -2.39. The maximum Gasteiger partial charge on any atom is 0.226 e. The monoisotopic (exact) mass is 752 g/mol. The van der Waals surface area contributed by atoms with Gasteiger partial charge in [0.1, 0.15) is 5.52 Å². The molecule has 0 radical (unpaired) electrons. The van der Waals surface area contributed by atoms with Crippen LogP contribution in [-0.4, -0.2) is 54.5 Å². The summed E-state index contributed by atoms with van der Waals surface area (Å²) in [4.78, 5) is 21.2. The van der Waals surface area contributed by atoms with Crippen LogP contribution in [0.4, 0.5) is 4.39 Å². The molecule has 5 atom stereocenters. The molecule has 5 fully saturated rings. The number of fused-ring (bicyclic) bond motifs is 4. The highest BCUT2D eigenvalue weighted by molar-refractivity contribution is 6.43. The summed E-state index contributed by atoms with van der Waals surface area (Å²) < 4.78 is 21.7. The molecular formula is C41H43Cl2FN8O. The first-order chi connectivity index (χ1) is 25.4. The van der Waals surface area contributed by atoms with Gasteiger partial charge in [-0.3, -0.25) is 4.79 Å².